The Kier molecular flexibility index (Phi) is 4.25. The highest BCUT2D eigenvalue weighted by atomic mass is 35.5. The number of aromatic nitrogens is 2. The molecule has 0 aliphatic carbocycles. The van der Waals surface area contributed by atoms with Crippen molar-refractivity contribution in [3.8, 4) is 0 Å². The van der Waals surface area contributed by atoms with Gasteiger partial charge in [0.15, 0.2) is 5.76 Å². The SMILES string of the molecule is O=C(NCc1ccccc1)c1ccc(Cn2cc(Cl)cn2)o1. The number of hydrogen-bond acceptors (Lipinski definition) is 3. The fraction of sp³-hybridized carbons (Fsp3) is 0.125. The molecule has 5 nitrogen and oxygen atoms in total. The number of carbonyl (C=O) groups is 1. The summed E-state index contributed by atoms with van der Waals surface area (Å²) >= 11 is 5.80. The van der Waals surface area contributed by atoms with Gasteiger partial charge in [0.05, 0.1) is 17.8 Å². The molecule has 3 rings (SSSR count). The van der Waals surface area contributed by atoms with Gasteiger partial charge in [-0.15, -0.1) is 0 Å². The van der Waals surface area contributed by atoms with E-state index in [0.717, 1.165) is 5.56 Å². The van der Waals surface area contributed by atoms with Crippen molar-refractivity contribution in [2.24, 2.45) is 0 Å². The molecule has 1 amide bonds. The Bertz CT molecular complexity index is 765. The number of nitrogens with zero attached hydrogens (tertiary/aromatic N) is 2. The molecule has 1 N–H and O–H groups in total. The minimum atomic E-state index is -0.242. The molecule has 0 aliphatic rings. The normalized spacial score (nSPS) is 10.6. The first-order valence-electron chi connectivity index (χ1n) is 6.79. The zero-order valence-corrected chi connectivity index (χ0v) is 12.5. The average Bonchev–Trinajstić information content (AvgIpc) is 3.16. The monoisotopic (exact) mass is 315 g/mol. The summed E-state index contributed by atoms with van der Waals surface area (Å²) in [6.45, 7) is 0.892. The molecule has 2 aromatic heterocycles. The molecular formula is C16H14ClN3O2. The summed E-state index contributed by atoms with van der Waals surface area (Å²) in [7, 11) is 0. The fourth-order valence-electron chi connectivity index (χ4n) is 2.03. The lowest BCUT2D eigenvalue weighted by atomic mass is 10.2. The van der Waals surface area contributed by atoms with E-state index in [9.17, 15) is 4.79 Å². The first-order chi connectivity index (χ1) is 10.7. The van der Waals surface area contributed by atoms with Crippen molar-refractivity contribution in [3.63, 3.8) is 0 Å². The molecule has 22 heavy (non-hydrogen) atoms. The Hall–Kier alpha value is -2.53. The van der Waals surface area contributed by atoms with Gasteiger partial charge in [-0.1, -0.05) is 41.9 Å². The molecule has 0 spiro atoms. The van der Waals surface area contributed by atoms with Gasteiger partial charge in [0.2, 0.25) is 0 Å². The molecule has 0 fully saturated rings. The smallest absolute Gasteiger partial charge is 0.287 e. The first kappa shape index (κ1) is 14.4. The molecule has 112 valence electrons. The van der Waals surface area contributed by atoms with E-state index >= 15 is 0 Å². The largest absolute Gasteiger partial charge is 0.454 e. The highest BCUT2D eigenvalue weighted by molar-refractivity contribution is 6.30. The third-order valence-corrected chi connectivity index (χ3v) is 3.30. The minimum Gasteiger partial charge on any atom is -0.454 e. The number of halogens is 1. The van der Waals surface area contributed by atoms with Crippen LogP contribution in [0, 0.1) is 0 Å². The van der Waals surface area contributed by atoms with E-state index in [2.05, 4.69) is 10.4 Å². The maximum atomic E-state index is 12.0. The molecular weight excluding hydrogens is 302 g/mol. The van der Waals surface area contributed by atoms with E-state index in [1.807, 2.05) is 30.3 Å². The van der Waals surface area contributed by atoms with Gasteiger partial charge in [0.25, 0.3) is 5.91 Å². The summed E-state index contributed by atoms with van der Waals surface area (Å²) in [6.07, 6.45) is 3.25. The Morgan fingerprint density at radius 1 is 1.23 bits per heavy atom. The highest BCUT2D eigenvalue weighted by Gasteiger charge is 2.11. The lowest BCUT2D eigenvalue weighted by molar-refractivity contribution is 0.0921. The summed E-state index contributed by atoms with van der Waals surface area (Å²) < 4.78 is 7.18. The second kappa shape index (κ2) is 6.49. The van der Waals surface area contributed by atoms with E-state index in [0.29, 0.717) is 23.9 Å². The predicted molar refractivity (Wildman–Crippen MR) is 82.7 cm³/mol. The van der Waals surface area contributed by atoms with E-state index < -0.39 is 0 Å². The standard InChI is InChI=1S/C16H14ClN3O2/c17-13-9-19-20(10-13)11-14-6-7-15(22-14)16(21)18-8-12-4-2-1-3-5-12/h1-7,9-10H,8,11H2,(H,18,21). The molecule has 0 saturated heterocycles. The van der Waals surface area contributed by atoms with Gasteiger partial charge in [0, 0.05) is 12.7 Å². The average molecular weight is 316 g/mol. The number of carbonyl (C=O) groups excluding carboxylic acids is 1. The topological polar surface area (TPSA) is 60.1 Å². The molecule has 2 heterocycles. The van der Waals surface area contributed by atoms with E-state index in [-0.39, 0.29) is 11.7 Å². The van der Waals surface area contributed by atoms with Crippen LogP contribution in [0.3, 0.4) is 0 Å². The third kappa shape index (κ3) is 3.56. The molecule has 0 saturated carbocycles. The molecule has 0 bridgehead atoms. The zero-order valence-electron chi connectivity index (χ0n) is 11.7. The molecule has 0 unspecified atom stereocenters. The molecule has 6 heteroatoms. The second-order valence-corrected chi connectivity index (χ2v) is 5.23. The zero-order chi connectivity index (χ0) is 15.4. The van der Waals surface area contributed by atoms with Gasteiger partial charge < -0.3 is 9.73 Å². The van der Waals surface area contributed by atoms with Gasteiger partial charge in [-0.05, 0) is 17.7 Å². The Morgan fingerprint density at radius 3 is 2.77 bits per heavy atom. The van der Waals surface area contributed by atoms with Crippen molar-refractivity contribution >= 4 is 17.5 Å². The summed E-state index contributed by atoms with van der Waals surface area (Å²) in [4.78, 5) is 12.0. The van der Waals surface area contributed by atoms with Gasteiger partial charge in [-0.25, -0.2) is 0 Å². The van der Waals surface area contributed by atoms with Crippen LogP contribution in [-0.2, 0) is 13.1 Å². The van der Waals surface area contributed by atoms with Crippen LogP contribution in [0.1, 0.15) is 21.9 Å². The van der Waals surface area contributed by atoms with Gasteiger partial charge >= 0.3 is 0 Å². The maximum Gasteiger partial charge on any atom is 0.287 e. The predicted octanol–water partition coefficient (Wildman–Crippen LogP) is 3.11. The second-order valence-electron chi connectivity index (χ2n) is 4.79. The minimum absolute atomic E-state index is 0.242. The Balaban J connectivity index is 1.59. The van der Waals surface area contributed by atoms with Crippen LogP contribution in [0.4, 0.5) is 0 Å². The Labute approximate surface area is 132 Å². The molecule has 3 aromatic rings. The van der Waals surface area contributed by atoms with Gasteiger partial charge in [-0.3, -0.25) is 9.48 Å². The third-order valence-electron chi connectivity index (χ3n) is 3.10. The van der Waals surface area contributed by atoms with Crippen molar-refractivity contribution in [1.82, 2.24) is 15.1 Å². The lowest BCUT2D eigenvalue weighted by Gasteiger charge is -2.03. The number of amides is 1. The maximum absolute atomic E-state index is 12.0. The van der Waals surface area contributed by atoms with Crippen LogP contribution in [0.25, 0.3) is 0 Å². The van der Waals surface area contributed by atoms with Crippen molar-refractivity contribution in [1.29, 1.82) is 0 Å². The van der Waals surface area contributed by atoms with Gasteiger partial charge in [-0.2, -0.15) is 5.10 Å². The summed E-state index contributed by atoms with van der Waals surface area (Å²) in [5, 5.41) is 7.45. The fourth-order valence-corrected chi connectivity index (χ4v) is 2.19. The van der Waals surface area contributed by atoms with E-state index in [4.69, 9.17) is 16.0 Å². The van der Waals surface area contributed by atoms with Crippen LogP contribution in [0.2, 0.25) is 5.02 Å². The quantitative estimate of drug-likeness (QED) is 0.787. The van der Waals surface area contributed by atoms with Crippen molar-refractivity contribution in [2.45, 2.75) is 13.1 Å². The number of rotatable bonds is 5. The molecule has 1 aromatic carbocycles. The summed E-state index contributed by atoms with van der Waals surface area (Å²) in [6, 6.07) is 13.1. The van der Waals surface area contributed by atoms with Crippen molar-refractivity contribution in [2.75, 3.05) is 0 Å². The summed E-state index contributed by atoms with van der Waals surface area (Å²) in [5.41, 5.74) is 1.04. The molecule has 0 atom stereocenters. The highest BCUT2D eigenvalue weighted by Crippen LogP contribution is 2.12. The number of furan rings is 1. The van der Waals surface area contributed by atoms with Gasteiger partial charge in [0.1, 0.15) is 5.76 Å². The number of benzene rings is 1. The number of hydrogen-bond donors (Lipinski definition) is 1. The first-order valence-corrected chi connectivity index (χ1v) is 7.17. The van der Waals surface area contributed by atoms with Crippen LogP contribution < -0.4 is 5.32 Å². The summed E-state index contributed by atoms with van der Waals surface area (Å²) in [5.74, 6) is 0.683. The molecule has 0 radical (unpaired) electrons. The van der Waals surface area contributed by atoms with E-state index in [1.165, 1.54) is 0 Å². The van der Waals surface area contributed by atoms with E-state index in [1.54, 1.807) is 29.2 Å². The molecule has 0 aliphatic heterocycles. The van der Waals surface area contributed by atoms with Crippen LogP contribution >= 0.6 is 11.6 Å². The lowest BCUT2D eigenvalue weighted by Crippen LogP contribution is -2.22. The van der Waals surface area contributed by atoms with Crippen LogP contribution in [0.5, 0.6) is 0 Å². The van der Waals surface area contributed by atoms with Crippen molar-refractivity contribution in [3.05, 3.63) is 77.0 Å². The number of nitrogens with one attached hydrogen (secondary N) is 1. The van der Waals surface area contributed by atoms with Crippen LogP contribution in [0.15, 0.2) is 59.3 Å². The van der Waals surface area contributed by atoms with Crippen molar-refractivity contribution < 1.29 is 9.21 Å². The Morgan fingerprint density at radius 2 is 2.05 bits per heavy atom. The van der Waals surface area contributed by atoms with Crippen LogP contribution in [-0.4, -0.2) is 15.7 Å².